The molecular formula is C11H20N4. The van der Waals surface area contributed by atoms with Crippen molar-refractivity contribution in [3.8, 4) is 0 Å². The van der Waals surface area contributed by atoms with Gasteiger partial charge in [-0.1, -0.05) is 0 Å². The van der Waals surface area contributed by atoms with E-state index in [2.05, 4.69) is 28.4 Å². The highest BCUT2D eigenvalue weighted by Crippen LogP contribution is 2.03. The van der Waals surface area contributed by atoms with Crippen LogP contribution in [-0.4, -0.2) is 46.9 Å². The molecule has 15 heavy (non-hydrogen) atoms. The van der Waals surface area contributed by atoms with Crippen LogP contribution in [0.3, 0.4) is 0 Å². The van der Waals surface area contributed by atoms with E-state index in [0.29, 0.717) is 6.04 Å². The van der Waals surface area contributed by atoms with Crippen LogP contribution in [0.1, 0.15) is 12.5 Å². The molecule has 4 nitrogen and oxygen atoms in total. The lowest BCUT2D eigenvalue weighted by Crippen LogP contribution is -2.49. The highest BCUT2D eigenvalue weighted by Gasteiger charge is 2.14. The summed E-state index contributed by atoms with van der Waals surface area (Å²) < 4.78 is 1.87. The lowest BCUT2D eigenvalue weighted by molar-refractivity contribution is 0.209. The quantitative estimate of drug-likeness (QED) is 0.773. The Bertz CT molecular complexity index is 307. The molecule has 1 aromatic rings. The molecule has 0 amide bonds. The van der Waals surface area contributed by atoms with Gasteiger partial charge in [-0.15, -0.1) is 0 Å². The number of nitrogens with zero attached hydrogens (tertiary/aromatic N) is 3. The van der Waals surface area contributed by atoms with E-state index in [1.54, 1.807) is 0 Å². The predicted octanol–water partition coefficient (Wildman–Crippen LogP) is 0.256. The molecule has 1 saturated heterocycles. The van der Waals surface area contributed by atoms with Crippen molar-refractivity contribution < 1.29 is 0 Å². The minimum atomic E-state index is 0.632. The molecule has 0 saturated carbocycles. The molecule has 0 radical (unpaired) electrons. The summed E-state index contributed by atoms with van der Waals surface area (Å²) in [6, 6.07) is 0.632. The third-order valence-electron chi connectivity index (χ3n) is 2.93. The molecule has 1 aliphatic rings. The summed E-state index contributed by atoms with van der Waals surface area (Å²) in [5.74, 6) is 0. The number of aromatic nitrogens is 2. The van der Waals surface area contributed by atoms with Crippen molar-refractivity contribution in [1.82, 2.24) is 20.0 Å². The Morgan fingerprint density at radius 2 is 2.47 bits per heavy atom. The fourth-order valence-corrected chi connectivity index (χ4v) is 2.10. The first-order valence-electron chi connectivity index (χ1n) is 5.67. The van der Waals surface area contributed by atoms with Crippen molar-refractivity contribution in [2.24, 2.45) is 7.05 Å². The van der Waals surface area contributed by atoms with E-state index in [1.807, 2.05) is 17.9 Å². The van der Waals surface area contributed by atoms with Crippen molar-refractivity contribution in [1.29, 1.82) is 0 Å². The van der Waals surface area contributed by atoms with Gasteiger partial charge in [0.25, 0.3) is 0 Å². The van der Waals surface area contributed by atoms with Gasteiger partial charge in [-0.3, -0.25) is 4.68 Å². The highest BCUT2D eigenvalue weighted by atomic mass is 15.2. The van der Waals surface area contributed by atoms with Gasteiger partial charge in [0.2, 0.25) is 0 Å². The first-order valence-corrected chi connectivity index (χ1v) is 5.67. The van der Waals surface area contributed by atoms with Gasteiger partial charge >= 0.3 is 0 Å². The third kappa shape index (κ3) is 3.04. The topological polar surface area (TPSA) is 33.1 Å². The molecule has 2 heterocycles. The summed E-state index contributed by atoms with van der Waals surface area (Å²) in [5, 5.41) is 7.64. The normalized spacial score (nSPS) is 23.2. The predicted molar refractivity (Wildman–Crippen MR) is 60.8 cm³/mol. The van der Waals surface area contributed by atoms with Crippen molar-refractivity contribution >= 4 is 0 Å². The van der Waals surface area contributed by atoms with Gasteiger partial charge in [0.1, 0.15) is 0 Å². The molecule has 1 atom stereocenters. The van der Waals surface area contributed by atoms with Crippen LogP contribution in [0.25, 0.3) is 0 Å². The van der Waals surface area contributed by atoms with E-state index in [9.17, 15) is 0 Å². The molecule has 0 aromatic carbocycles. The molecule has 1 aromatic heterocycles. The van der Waals surface area contributed by atoms with E-state index in [1.165, 1.54) is 18.7 Å². The highest BCUT2D eigenvalue weighted by molar-refractivity contribution is 5.04. The summed E-state index contributed by atoms with van der Waals surface area (Å²) in [6.45, 7) is 6.85. The van der Waals surface area contributed by atoms with Gasteiger partial charge in [0.05, 0.1) is 6.20 Å². The van der Waals surface area contributed by atoms with E-state index in [-0.39, 0.29) is 0 Å². The first kappa shape index (κ1) is 10.6. The lowest BCUT2D eigenvalue weighted by Gasteiger charge is -2.31. The van der Waals surface area contributed by atoms with E-state index in [4.69, 9.17) is 0 Å². The minimum absolute atomic E-state index is 0.632. The summed E-state index contributed by atoms with van der Waals surface area (Å²) in [5.41, 5.74) is 1.34. The van der Waals surface area contributed by atoms with Crippen LogP contribution in [0.4, 0.5) is 0 Å². The number of nitrogens with one attached hydrogen (secondary N) is 1. The SMILES string of the molecule is CC1CN(CCc2cnn(C)c2)CCN1. The minimum Gasteiger partial charge on any atom is -0.312 e. The van der Waals surface area contributed by atoms with Crippen LogP contribution >= 0.6 is 0 Å². The van der Waals surface area contributed by atoms with Crippen molar-refractivity contribution in [3.63, 3.8) is 0 Å². The third-order valence-corrected chi connectivity index (χ3v) is 2.93. The average molecular weight is 208 g/mol. The molecule has 1 unspecified atom stereocenters. The fourth-order valence-electron chi connectivity index (χ4n) is 2.10. The van der Waals surface area contributed by atoms with Gasteiger partial charge in [-0.05, 0) is 18.9 Å². The van der Waals surface area contributed by atoms with E-state index < -0.39 is 0 Å². The molecule has 1 fully saturated rings. The average Bonchev–Trinajstić information content (AvgIpc) is 2.62. The molecular weight excluding hydrogens is 188 g/mol. The van der Waals surface area contributed by atoms with Crippen LogP contribution in [0.2, 0.25) is 0 Å². The Morgan fingerprint density at radius 3 is 3.13 bits per heavy atom. The Hall–Kier alpha value is -0.870. The Labute approximate surface area is 91.3 Å². The van der Waals surface area contributed by atoms with Crippen LogP contribution < -0.4 is 5.32 Å². The molecule has 0 spiro atoms. The zero-order valence-corrected chi connectivity index (χ0v) is 9.61. The van der Waals surface area contributed by atoms with Crippen LogP contribution in [0.15, 0.2) is 12.4 Å². The number of aryl methyl sites for hydroxylation is 1. The van der Waals surface area contributed by atoms with Gasteiger partial charge in [0.15, 0.2) is 0 Å². The van der Waals surface area contributed by atoms with Gasteiger partial charge < -0.3 is 10.2 Å². The maximum Gasteiger partial charge on any atom is 0.0522 e. The second-order valence-corrected chi connectivity index (χ2v) is 4.43. The van der Waals surface area contributed by atoms with Gasteiger partial charge in [-0.25, -0.2) is 0 Å². The molecule has 2 rings (SSSR count). The molecule has 0 aliphatic carbocycles. The van der Waals surface area contributed by atoms with Gasteiger partial charge in [0, 0.05) is 45.5 Å². The Morgan fingerprint density at radius 1 is 1.60 bits per heavy atom. The Balaban J connectivity index is 1.77. The van der Waals surface area contributed by atoms with Crippen molar-refractivity contribution in [2.45, 2.75) is 19.4 Å². The van der Waals surface area contributed by atoms with Crippen LogP contribution in [0.5, 0.6) is 0 Å². The maximum atomic E-state index is 4.18. The van der Waals surface area contributed by atoms with Crippen molar-refractivity contribution in [2.75, 3.05) is 26.2 Å². The number of piperazine rings is 1. The second kappa shape index (κ2) is 4.77. The number of hydrogen-bond acceptors (Lipinski definition) is 3. The summed E-state index contributed by atoms with van der Waals surface area (Å²) in [6.07, 6.45) is 5.18. The van der Waals surface area contributed by atoms with Crippen molar-refractivity contribution in [3.05, 3.63) is 18.0 Å². The number of rotatable bonds is 3. The molecule has 0 bridgehead atoms. The smallest absolute Gasteiger partial charge is 0.0522 e. The summed E-state index contributed by atoms with van der Waals surface area (Å²) in [4.78, 5) is 2.52. The summed E-state index contributed by atoms with van der Waals surface area (Å²) in [7, 11) is 1.97. The maximum absolute atomic E-state index is 4.18. The lowest BCUT2D eigenvalue weighted by atomic mass is 10.2. The molecule has 84 valence electrons. The molecule has 4 heteroatoms. The van der Waals surface area contributed by atoms with Gasteiger partial charge in [-0.2, -0.15) is 5.10 Å². The number of hydrogen-bond donors (Lipinski definition) is 1. The largest absolute Gasteiger partial charge is 0.312 e. The zero-order chi connectivity index (χ0) is 10.7. The monoisotopic (exact) mass is 208 g/mol. The fraction of sp³-hybridized carbons (Fsp3) is 0.727. The van der Waals surface area contributed by atoms with E-state index >= 15 is 0 Å². The van der Waals surface area contributed by atoms with Crippen LogP contribution in [0, 0.1) is 0 Å². The van der Waals surface area contributed by atoms with Crippen LogP contribution in [-0.2, 0) is 13.5 Å². The van der Waals surface area contributed by atoms with E-state index in [0.717, 1.165) is 19.5 Å². The molecule has 1 N–H and O–H groups in total. The first-order chi connectivity index (χ1) is 7.24. The molecule has 1 aliphatic heterocycles. The second-order valence-electron chi connectivity index (χ2n) is 4.43. The summed E-state index contributed by atoms with van der Waals surface area (Å²) >= 11 is 0. The zero-order valence-electron chi connectivity index (χ0n) is 9.61. The standard InChI is InChI=1S/C11H20N4/c1-10-8-15(6-4-12-10)5-3-11-7-13-14(2)9-11/h7,9-10,12H,3-6,8H2,1-2H3. The Kier molecular flexibility index (Phi) is 3.38.